The molecule has 0 saturated carbocycles. The average Bonchev–Trinajstić information content (AvgIpc) is 2.36. The Labute approximate surface area is 102 Å². The molecule has 17 heavy (non-hydrogen) atoms. The molecule has 1 rings (SSSR count). The van der Waals surface area contributed by atoms with Gasteiger partial charge in [-0.2, -0.15) is 0 Å². The number of hydrogen-bond donors (Lipinski definition) is 1. The van der Waals surface area contributed by atoms with Gasteiger partial charge >= 0.3 is 0 Å². The Kier molecular flexibility index (Phi) is 5.40. The van der Waals surface area contributed by atoms with E-state index in [1.807, 2.05) is 31.2 Å². The maximum atomic E-state index is 11.7. The number of hydrogen-bond acceptors (Lipinski definition) is 2. The molecule has 0 aliphatic rings. The lowest BCUT2D eigenvalue weighted by Crippen LogP contribution is -2.29. The molecule has 0 spiro atoms. The first-order valence-electron chi connectivity index (χ1n) is 6.06. The lowest BCUT2D eigenvalue weighted by Gasteiger charge is -2.04. The molecule has 0 atom stereocenters. The Hall–Kier alpha value is -1.64. The van der Waals surface area contributed by atoms with Crippen molar-refractivity contribution in [3.05, 3.63) is 35.4 Å². The van der Waals surface area contributed by atoms with Gasteiger partial charge in [-0.15, -0.1) is 0 Å². The molecular weight excluding hydrogens is 214 g/mol. The predicted molar refractivity (Wildman–Crippen MR) is 68.1 cm³/mol. The highest BCUT2D eigenvalue weighted by atomic mass is 16.2. The number of carbonyl (C=O) groups excluding carboxylic acids is 2. The molecule has 0 radical (unpaired) electrons. The molecule has 0 unspecified atom stereocenters. The van der Waals surface area contributed by atoms with Gasteiger partial charge in [0.05, 0.1) is 6.54 Å². The van der Waals surface area contributed by atoms with Crippen molar-refractivity contribution in [3.8, 4) is 0 Å². The summed E-state index contributed by atoms with van der Waals surface area (Å²) in [6.07, 6.45) is 2.23. The van der Waals surface area contributed by atoms with Crippen molar-refractivity contribution in [3.63, 3.8) is 0 Å². The minimum Gasteiger partial charge on any atom is -0.349 e. The second kappa shape index (κ2) is 6.84. The van der Waals surface area contributed by atoms with Crippen molar-refractivity contribution < 1.29 is 9.59 Å². The lowest BCUT2D eigenvalue weighted by molar-refractivity contribution is -0.120. The fourth-order valence-electron chi connectivity index (χ4n) is 1.52. The summed E-state index contributed by atoms with van der Waals surface area (Å²) in [6, 6.07) is 7.52. The van der Waals surface area contributed by atoms with Crippen LogP contribution in [0.4, 0.5) is 0 Å². The quantitative estimate of drug-likeness (QED) is 0.767. The fourth-order valence-corrected chi connectivity index (χ4v) is 1.52. The van der Waals surface area contributed by atoms with E-state index >= 15 is 0 Å². The predicted octanol–water partition coefficient (Wildman–Crippen LogP) is 2.35. The number of aryl methyl sites for hydroxylation is 1. The molecular formula is C14H19NO2. The van der Waals surface area contributed by atoms with Crippen LogP contribution in [-0.4, -0.2) is 18.2 Å². The molecule has 3 nitrogen and oxygen atoms in total. The zero-order valence-electron chi connectivity index (χ0n) is 10.5. The topological polar surface area (TPSA) is 46.2 Å². The number of amides is 1. The van der Waals surface area contributed by atoms with Crippen LogP contribution in [0.5, 0.6) is 0 Å². The number of nitrogens with one attached hydrogen (secondary N) is 1. The highest BCUT2D eigenvalue weighted by Gasteiger charge is 2.07. The minimum atomic E-state index is -0.0639. The molecule has 1 N–H and O–H groups in total. The Balaban J connectivity index is 2.49. The zero-order chi connectivity index (χ0) is 12.7. The minimum absolute atomic E-state index is 0.0443. The van der Waals surface area contributed by atoms with Crippen LogP contribution in [-0.2, 0) is 11.2 Å². The van der Waals surface area contributed by atoms with Crippen molar-refractivity contribution in [2.45, 2.75) is 33.1 Å². The van der Waals surface area contributed by atoms with Crippen molar-refractivity contribution in [2.75, 3.05) is 6.54 Å². The van der Waals surface area contributed by atoms with Gasteiger partial charge in [-0.25, -0.2) is 0 Å². The molecule has 92 valence electrons. The number of ketones is 1. The maximum Gasteiger partial charge on any atom is 0.220 e. The van der Waals surface area contributed by atoms with Gasteiger partial charge in [0.2, 0.25) is 5.91 Å². The summed E-state index contributed by atoms with van der Waals surface area (Å²) in [5.74, 6) is -0.108. The number of Topliss-reactive ketones (excluding diaryl/α,β-unsaturated/α-hetero) is 1. The van der Waals surface area contributed by atoms with E-state index < -0.39 is 0 Å². The smallest absolute Gasteiger partial charge is 0.220 e. The summed E-state index contributed by atoms with van der Waals surface area (Å²) in [5.41, 5.74) is 1.86. The van der Waals surface area contributed by atoms with Gasteiger partial charge in [0.1, 0.15) is 0 Å². The number of rotatable bonds is 6. The van der Waals surface area contributed by atoms with Crippen molar-refractivity contribution in [1.82, 2.24) is 5.32 Å². The van der Waals surface area contributed by atoms with Gasteiger partial charge in [-0.05, 0) is 18.4 Å². The third-order valence-corrected chi connectivity index (χ3v) is 2.61. The standard InChI is InChI=1S/C14H19NO2/c1-3-5-14(17)15-10-13(16)12-8-6-11(4-2)7-9-12/h6-9H,3-5,10H2,1-2H3,(H,15,17). The first kappa shape index (κ1) is 13.4. The van der Waals surface area contributed by atoms with Gasteiger partial charge in [-0.3, -0.25) is 9.59 Å². The monoisotopic (exact) mass is 233 g/mol. The normalized spacial score (nSPS) is 10.0. The van der Waals surface area contributed by atoms with E-state index in [0.29, 0.717) is 12.0 Å². The number of carbonyl (C=O) groups is 2. The maximum absolute atomic E-state index is 11.7. The summed E-state index contributed by atoms with van der Waals surface area (Å²) in [7, 11) is 0. The first-order valence-corrected chi connectivity index (χ1v) is 6.06. The van der Waals surface area contributed by atoms with Crippen molar-refractivity contribution in [1.29, 1.82) is 0 Å². The molecule has 0 aromatic heterocycles. The van der Waals surface area contributed by atoms with Crippen molar-refractivity contribution >= 4 is 11.7 Å². The van der Waals surface area contributed by atoms with Gasteiger partial charge in [-0.1, -0.05) is 38.1 Å². The van der Waals surface area contributed by atoms with E-state index in [4.69, 9.17) is 0 Å². The summed E-state index contributed by atoms with van der Waals surface area (Å²) < 4.78 is 0. The molecule has 0 aliphatic heterocycles. The van der Waals surface area contributed by atoms with E-state index in [-0.39, 0.29) is 18.2 Å². The molecule has 1 aromatic rings. The van der Waals surface area contributed by atoms with Gasteiger partial charge in [0, 0.05) is 12.0 Å². The summed E-state index contributed by atoms with van der Waals surface area (Å²) in [4.78, 5) is 23.0. The van der Waals surface area contributed by atoms with Crippen molar-refractivity contribution in [2.24, 2.45) is 0 Å². The Morgan fingerprint density at radius 2 is 1.76 bits per heavy atom. The van der Waals surface area contributed by atoms with E-state index in [1.165, 1.54) is 5.56 Å². The van der Waals surface area contributed by atoms with Crippen LogP contribution < -0.4 is 5.32 Å². The van der Waals surface area contributed by atoms with Gasteiger partial charge < -0.3 is 5.32 Å². The lowest BCUT2D eigenvalue weighted by atomic mass is 10.1. The third kappa shape index (κ3) is 4.39. The van der Waals surface area contributed by atoms with Gasteiger partial charge in [0.15, 0.2) is 5.78 Å². The van der Waals surface area contributed by atoms with Crippen LogP contribution >= 0.6 is 0 Å². The zero-order valence-corrected chi connectivity index (χ0v) is 10.5. The summed E-state index contributed by atoms with van der Waals surface area (Å²) >= 11 is 0. The Morgan fingerprint density at radius 1 is 1.12 bits per heavy atom. The molecule has 1 aromatic carbocycles. The Bertz CT molecular complexity index is 382. The SMILES string of the molecule is CCCC(=O)NCC(=O)c1ccc(CC)cc1. The highest BCUT2D eigenvalue weighted by molar-refractivity contribution is 5.99. The molecule has 0 heterocycles. The van der Waals surface area contributed by atoms with Crippen LogP contribution in [0, 0.1) is 0 Å². The second-order valence-corrected chi connectivity index (χ2v) is 4.00. The molecule has 3 heteroatoms. The molecule has 1 amide bonds. The molecule has 0 aliphatic carbocycles. The van der Waals surface area contributed by atoms with Crippen LogP contribution in [0.15, 0.2) is 24.3 Å². The third-order valence-electron chi connectivity index (χ3n) is 2.61. The molecule has 0 bridgehead atoms. The largest absolute Gasteiger partial charge is 0.349 e. The molecule has 0 fully saturated rings. The van der Waals surface area contributed by atoms with Crippen LogP contribution in [0.2, 0.25) is 0 Å². The molecule has 0 saturated heterocycles. The van der Waals surface area contributed by atoms with Gasteiger partial charge in [0.25, 0.3) is 0 Å². The van der Waals surface area contributed by atoms with Crippen LogP contribution in [0.3, 0.4) is 0 Å². The second-order valence-electron chi connectivity index (χ2n) is 4.00. The van der Waals surface area contributed by atoms with Crippen LogP contribution in [0.1, 0.15) is 42.6 Å². The highest BCUT2D eigenvalue weighted by Crippen LogP contribution is 2.05. The van der Waals surface area contributed by atoms with Crippen LogP contribution in [0.25, 0.3) is 0 Å². The van der Waals surface area contributed by atoms with E-state index in [9.17, 15) is 9.59 Å². The number of benzene rings is 1. The summed E-state index contributed by atoms with van der Waals surface area (Å²) in [6.45, 7) is 4.09. The fraction of sp³-hybridized carbons (Fsp3) is 0.429. The van der Waals surface area contributed by atoms with E-state index in [2.05, 4.69) is 12.2 Å². The average molecular weight is 233 g/mol. The summed E-state index contributed by atoms with van der Waals surface area (Å²) in [5, 5.41) is 2.62. The first-order chi connectivity index (χ1) is 8.17. The Morgan fingerprint density at radius 3 is 2.29 bits per heavy atom. The van der Waals surface area contributed by atoms with E-state index in [1.54, 1.807) is 0 Å². The van der Waals surface area contributed by atoms with E-state index in [0.717, 1.165) is 12.8 Å².